The zero-order valence-electron chi connectivity index (χ0n) is 16.1. The van der Waals surface area contributed by atoms with E-state index in [1.54, 1.807) is 7.05 Å². The molecule has 1 heterocycles. The van der Waals surface area contributed by atoms with Gasteiger partial charge in [0.05, 0.1) is 6.10 Å². The van der Waals surface area contributed by atoms with Crippen molar-refractivity contribution in [3.63, 3.8) is 0 Å². The molecule has 0 aromatic carbocycles. The summed E-state index contributed by atoms with van der Waals surface area (Å²) in [5.74, 6) is 0.629. The van der Waals surface area contributed by atoms with Gasteiger partial charge in [-0.2, -0.15) is 13.2 Å². The Morgan fingerprint density at radius 2 is 2.14 bits per heavy atom. The number of alkyl halides is 3. The normalized spacial score (nSPS) is 23.7. The van der Waals surface area contributed by atoms with Crippen LogP contribution in [-0.2, 0) is 10.9 Å². The second-order valence-corrected chi connectivity index (χ2v) is 7.15. The molecule has 3 rings (SSSR count). The second-order valence-electron chi connectivity index (χ2n) is 7.15. The van der Waals surface area contributed by atoms with Gasteiger partial charge < -0.3 is 20.7 Å². The Kier molecular flexibility index (Phi) is 6.26. The first-order chi connectivity index (χ1) is 13.4. The van der Waals surface area contributed by atoms with E-state index in [1.807, 2.05) is 6.92 Å². The third-order valence-electron chi connectivity index (χ3n) is 5.62. The summed E-state index contributed by atoms with van der Waals surface area (Å²) in [7, 11) is 1.70. The van der Waals surface area contributed by atoms with Gasteiger partial charge in [0.25, 0.3) is 0 Å². The van der Waals surface area contributed by atoms with Crippen molar-refractivity contribution >= 4 is 11.9 Å². The summed E-state index contributed by atoms with van der Waals surface area (Å²) in [6, 6.07) is 1.18. The summed E-state index contributed by atoms with van der Waals surface area (Å²) in [4.78, 5) is 11.5. The lowest BCUT2D eigenvalue weighted by Crippen LogP contribution is -2.68. The molecule has 0 radical (unpaired) electrons. The third kappa shape index (κ3) is 4.31. The molecule has 0 aliphatic heterocycles. The Morgan fingerprint density at radius 1 is 1.36 bits per heavy atom. The summed E-state index contributed by atoms with van der Waals surface area (Å²) in [5.41, 5.74) is -0.743. The molecule has 156 valence electrons. The zero-order chi connectivity index (χ0) is 20.2. The molecule has 2 saturated carbocycles. The van der Waals surface area contributed by atoms with E-state index in [9.17, 15) is 13.2 Å². The Morgan fingerprint density at radius 3 is 2.75 bits per heavy atom. The van der Waals surface area contributed by atoms with Crippen molar-refractivity contribution in [2.45, 2.75) is 50.9 Å². The molecule has 0 amide bonds. The highest BCUT2D eigenvalue weighted by Gasteiger charge is 2.59. The predicted molar refractivity (Wildman–Crippen MR) is 100 cm³/mol. The standard InChI is InChI=1S/C18H27F3N6O/c1-3-28-14-11-13(17(14)6-4-7-17)27-15(22-2)24-9-10-25-16-23-8-5-12(26-16)18(19,20)21/h5,8,13-14H,3-4,6-7,9-11H2,1-2H3,(H2,22,24,27)(H,23,25,26). The van der Waals surface area contributed by atoms with Crippen molar-refractivity contribution in [3.8, 4) is 0 Å². The largest absolute Gasteiger partial charge is 0.433 e. The van der Waals surface area contributed by atoms with Crippen LogP contribution in [0.5, 0.6) is 0 Å². The van der Waals surface area contributed by atoms with E-state index in [1.165, 1.54) is 19.3 Å². The molecule has 10 heteroatoms. The van der Waals surface area contributed by atoms with Gasteiger partial charge in [-0.3, -0.25) is 4.99 Å². The molecule has 2 atom stereocenters. The predicted octanol–water partition coefficient (Wildman–Crippen LogP) is 2.42. The molecule has 3 N–H and O–H groups in total. The molecular formula is C18H27F3N6O. The van der Waals surface area contributed by atoms with Crippen LogP contribution in [0.25, 0.3) is 0 Å². The summed E-state index contributed by atoms with van der Waals surface area (Å²) in [6.07, 6.45) is 1.46. The van der Waals surface area contributed by atoms with Crippen molar-refractivity contribution in [1.29, 1.82) is 0 Å². The van der Waals surface area contributed by atoms with Crippen LogP contribution < -0.4 is 16.0 Å². The molecule has 7 nitrogen and oxygen atoms in total. The van der Waals surface area contributed by atoms with E-state index in [0.717, 1.165) is 25.3 Å². The molecule has 28 heavy (non-hydrogen) atoms. The smallest absolute Gasteiger partial charge is 0.378 e. The topological polar surface area (TPSA) is 83.5 Å². The van der Waals surface area contributed by atoms with Crippen LogP contribution in [0.15, 0.2) is 17.3 Å². The van der Waals surface area contributed by atoms with E-state index >= 15 is 0 Å². The summed E-state index contributed by atoms with van der Waals surface area (Å²) >= 11 is 0. The number of rotatable bonds is 7. The lowest BCUT2D eigenvalue weighted by atomic mass is 9.51. The highest BCUT2D eigenvalue weighted by Crippen LogP contribution is 2.57. The lowest BCUT2D eigenvalue weighted by Gasteiger charge is -2.61. The first-order valence-corrected chi connectivity index (χ1v) is 9.62. The van der Waals surface area contributed by atoms with Crippen molar-refractivity contribution in [2.75, 3.05) is 32.1 Å². The number of aromatic nitrogens is 2. The summed E-state index contributed by atoms with van der Waals surface area (Å²) in [6.45, 7) is 3.58. The molecule has 1 aromatic heterocycles. The number of guanidine groups is 1. The van der Waals surface area contributed by atoms with Crippen LogP contribution in [-0.4, -0.2) is 54.8 Å². The fourth-order valence-electron chi connectivity index (χ4n) is 3.96. The molecule has 2 unspecified atom stereocenters. The highest BCUT2D eigenvalue weighted by molar-refractivity contribution is 5.80. The maximum Gasteiger partial charge on any atom is 0.433 e. The SMILES string of the molecule is CCOC1CC(NC(=NC)NCCNc2nccc(C(F)(F)F)n2)C12CCC2. The number of anilines is 1. The van der Waals surface area contributed by atoms with E-state index in [-0.39, 0.29) is 11.4 Å². The van der Waals surface area contributed by atoms with E-state index in [4.69, 9.17) is 4.74 Å². The molecule has 0 saturated heterocycles. The number of nitrogens with zero attached hydrogens (tertiary/aromatic N) is 3. The third-order valence-corrected chi connectivity index (χ3v) is 5.62. The van der Waals surface area contributed by atoms with E-state index in [0.29, 0.717) is 31.2 Å². The van der Waals surface area contributed by atoms with Crippen LogP contribution in [0.1, 0.15) is 38.3 Å². The van der Waals surface area contributed by atoms with Crippen LogP contribution in [0, 0.1) is 5.41 Å². The second kappa shape index (κ2) is 8.50. The van der Waals surface area contributed by atoms with Crippen LogP contribution in [0.3, 0.4) is 0 Å². The van der Waals surface area contributed by atoms with E-state index in [2.05, 4.69) is 30.9 Å². The quantitative estimate of drug-likeness (QED) is 0.370. The monoisotopic (exact) mass is 400 g/mol. The lowest BCUT2D eigenvalue weighted by molar-refractivity contribution is -0.168. The molecule has 2 aliphatic rings. The fraction of sp³-hybridized carbons (Fsp3) is 0.722. The Bertz CT molecular complexity index is 692. The molecule has 2 fully saturated rings. The van der Waals surface area contributed by atoms with Gasteiger partial charge in [0.1, 0.15) is 5.69 Å². The van der Waals surface area contributed by atoms with Crippen molar-refractivity contribution in [3.05, 3.63) is 18.0 Å². The number of ether oxygens (including phenoxy) is 1. The molecule has 0 bridgehead atoms. The van der Waals surface area contributed by atoms with Crippen LogP contribution in [0.4, 0.5) is 19.1 Å². The summed E-state index contributed by atoms with van der Waals surface area (Å²) < 4.78 is 43.9. The Labute approximate surface area is 162 Å². The number of hydrogen-bond acceptors (Lipinski definition) is 5. The van der Waals surface area contributed by atoms with Gasteiger partial charge in [0.2, 0.25) is 5.95 Å². The van der Waals surface area contributed by atoms with Crippen molar-refractivity contribution in [2.24, 2.45) is 10.4 Å². The number of hydrogen-bond donors (Lipinski definition) is 3. The molecular weight excluding hydrogens is 373 g/mol. The minimum atomic E-state index is -4.48. The van der Waals surface area contributed by atoms with Gasteiger partial charge in [0, 0.05) is 44.4 Å². The Balaban J connectivity index is 1.43. The van der Waals surface area contributed by atoms with Gasteiger partial charge in [-0.15, -0.1) is 0 Å². The van der Waals surface area contributed by atoms with Crippen LogP contribution >= 0.6 is 0 Å². The van der Waals surface area contributed by atoms with Crippen LogP contribution in [0.2, 0.25) is 0 Å². The number of nitrogens with one attached hydrogen (secondary N) is 3. The van der Waals surface area contributed by atoms with Crippen molar-refractivity contribution in [1.82, 2.24) is 20.6 Å². The average molecular weight is 400 g/mol. The number of aliphatic imine (C=N–C) groups is 1. The first-order valence-electron chi connectivity index (χ1n) is 9.62. The van der Waals surface area contributed by atoms with Gasteiger partial charge in [-0.05, 0) is 32.3 Å². The number of halogens is 3. The molecule has 1 spiro atoms. The van der Waals surface area contributed by atoms with Gasteiger partial charge in [-0.25, -0.2) is 9.97 Å². The minimum absolute atomic E-state index is 0.0495. The minimum Gasteiger partial charge on any atom is -0.378 e. The maximum atomic E-state index is 12.7. The zero-order valence-corrected chi connectivity index (χ0v) is 16.1. The molecule has 2 aliphatic carbocycles. The van der Waals surface area contributed by atoms with Gasteiger partial charge in [0.15, 0.2) is 5.96 Å². The summed E-state index contributed by atoms with van der Waals surface area (Å²) in [5, 5.41) is 9.43. The van der Waals surface area contributed by atoms with E-state index < -0.39 is 11.9 Å². The van der Waals surface area contributed by atoms with Gasteiger partial charge >= 0.3 is 6.18 Å². The highest BCUT2D eigenvalue weighted by atomic mass is 19.4. The maximum absolute atomic E-state index is 12.7. The van der Waals surface area contributed by atoms with Crippen molar-refractivity contribution < 1.29 is 17.9 Å². The molecule has 1 aromatic rings. The Hall–Kier alpha value is -2.10. The first kappa shape index (κ1) is 20.6. The van der Waals surface area contributed by atoms with Gasteiger partial charge in [-0.1, -0.05) is 6.42 Å². The average Bonchev–Trinajstić information content (AvgIpc) is 2.60. The fourth-order valence-corrected chi connectivity index (χ4v) is 3.96.